The molecule has 2 spiro atoms. The summed E-state index contributed by atoms with van der Waals surface area (Å²) >= 11 is 0. The largest absolute Gasteiger partial charge is 0.310 e. The number of anilines is 6. The van der Waals surface area contributed by atoms with Gasteiger partial charge in [0.15, 0.2) is 0 Å². The number of nitrogens with zero attached hydrogens (tertiary/aromatic N) is 2. The van der Waals surface area contributed by atoms with Gasteiger partial charge >= 0.3 is 0 Å². The minimum absolute atomic E-state index is 0.0125. The molecule has 8 fully saturated rings. The van der Waals surface area contributed by atoms with E-state index in [4.69, 9.17) is 0 Å². The first-order valence-corrected chi connectivity index (χ1v) is 32.7. The molecule has 0 aromatic heterocycles. The van der Waals surface area contributed by atoms with Gasteiger partial charge in [-0.25, -0.2) is 0 Å². The summed E-state index contributed by atoms with van der Waals surface area (Å²) in [5.41, 5.74) is 24.5. The summed E-state index contributed by atoms with van der Waals surface area (Å²) < 4.78 is 0. The number of hydrogen-bond acceptors (Lipinski definition) is 2. The fourth-order valence-corrected chi connectivity index (χ4v) is 21.7. The van der Waals surface area contributed by atoms with Gasteiger partial charge in [-0.2, -0.15) is 0 Å². The van der Waals surface area contributed by atoms with E-state index in [1.807, 2.05) is 0 Å². The maximum absolute atomic E-state index is 2.71. The van der Waals surface area contributed by atoms with Crippen LogP contribution in [0.5, 0.6) is 0 Å². The van der Waals surface area contributed by atoms with Crippen LogP contribution in [0.2, 0.25) is 0 Å². The number of para-hydroxylation sites is 1. The van der Waals surface area contributed by atoms with E-state index in [0.29, 0.717) is 23.7 Å². The van der Waals surface area contributed by atoms with E-state index >= 15 is 0 Å². The highest BCUT2D eigenvalue weighted by atomic mass is 15.2. The van der Waals surface area contributed by atoms with E-state index in [-0.39, 0.29) is 10.8 Å². The molecule has 12 aromatic rings. The predicted molar refractivity (Wildman–Crippen MR) is 357 cm³/mol. The molecule has 22 rings (SSSR count). The standard InChI is InChI=1S/C84H68N2/c1-4-17-55(18-5-1)58-21-14-24-64(49-58)86(76-31-16-30-74-81(76)68-26-11-13-29-73(68)83(74)59-41-51-39-52(43-59)44-60(83)42-51)78-50-71(56-19-6-2-7-20-56)66-36-37-69-75(38-34-57-33-35-70(78)80(66)79(57)69)85(63-22-8-3-9-23-63)77-32-15-27-67-65-25-10-12-28-72(65)84(82(67)77)61-45-53-40-54(47-61)48-62(84)46-53/h1-38,49-54,59-62H,39-48H2. The highest BCUT2D eigenvalue weighted by Crippen LogP contribution is 2.73. The van der Waals surface area contributed by atoms with Crippen LogP contribution < -0.4 is 9.80 Å². The molecule has 0 heterocycles. The SMILES string of the molecule is c1ccc(-c2cccc(N(c3cccc4c3-c3ccccc3C43C4CC5CC(C4)CC3C5)c3cc(-c4ccccc4)c4ccc5c(N(c6ccccc6)c6cccc7c6C6(c8ccccc8-7)C7CC8CC(C7)CC6C8)ccc6ccc3c4c65)c2)cc1. The minimum Gasteiger partial charge on any atom is -0.310 e. The van der Waals surface area contributed by atoms with Gasteiger partial charge in [-0.05, 0) is 237 Å². The van der Waals surface area contributed by atoms with E-state index in [2.05, 4.69) is 252 Å². The second kappa shape index (κ2) is 17.9. The van der Waals surface area contributed by atoms with Crippen LogP contribution in [0.3, 0.4) is 0 Å². The van der Waals surface area contributed by atoms with Gasteiger partial charge < -0.3 is 9.80 Å². The van der Waals surface area contributed by atoms with Crippen molar-refractivity contribution in [2.24, 2.45) is 47.3 Å². The van der Waals surface area contributed by atoms with Crippen molar-refractivity contribution in [3.63, 3.8) is 0 Å². The number of benzene rings is 12. The molecule has 10 aliphatic carbocycles. The van der Waals surface area contributed by atoms with Crippen molar-refractivity contribution in [1.29, 1.82) is 0 Å². The van der Waals surface area contributed by atoms with Gasteiger partial charge in [0.05, 0.1) is 22.7 Å². The molecule has 2 nitrogen and oxygen atoms in total. The summed E-state index contributed by atoms with van der Waals surface area (Å²) in [6.45, 7) is 0. The van der Waals surface area contributed by atoms with Crippen molar-refractivity contribution < 1.29 is 0 Å². The first-order chi connectivity index (χ1) is 42.6. The Balaban J connectivity index is 0.864. The summed E-state index contributed by atoms with van der Waals surface area (Å²) in [4.78, 5) is 5.41. The summed E-state index contributed by atoms with van der Waals surface area (Å²) in [7, 11) is 0. The second-order valence-electron chi connectivity index (χ2n) is 27.9. The number of rotatable bonds is 8. The van der Waals surface area contributed by atoms with E-state index in [1.54, 1.807) is 22.3 Å². The molecule has 0 saturated heterocycles. The molecule has 414 valence electrons. The van der Waals surface area contributed by atoms with Crippen LogP contribution in [0.15, 0.2) is 243 Å². The molecule has 0 radical (unpaired) electrons. The quantitative estimate of drug-likeness (QED) is 0.140. The lowest BCUT2D eigenvalue weighted by atomic mass is 9.43. The van der Waals surface area contributed by atoms with Crippen LogP contribution in [0.4, 0.5) is 34.1 Å². The molecule has 8 bridgehead atoms. The normalized spacial score (nSPS) is 26.5. The molecule has 12 aromatic carbocycles. The van der Waals surface area contributed by atoms with Gasteiger partial charge in [-0.15, -0.1) is 0 Å². The number of fused-ring (bicyclic) bond motifs is 6. The van der Waals surface area contributed by atoms with E-state index in [1.165, 1.54) is 175 Å². The Morgan fingerprint density at radius 1 is 0.279 bits per heavy atom. The third-order valence-corrected chi connectivity index (χ3v) is 24.1. The van der Waals surface area contributed by atoms with Crippen molar-refractivity contribution in [2.45, 2.75) is 75.0 Å². The first kappa shape index (κ1) is 48.5. The fraction of sp³-hybridized carbons (Fsp3) is 0.238. The Bertz CT molecular complexity index is 4690. The van der Waals surface area contributed by atoms with E-state index in [0.717, 1.165) is 23.7 Å². The van der Waals surface area contributed by atoms with E-state index in [9.17, 15) is 0 Å². The summed E-state index contributed by atoms with van der Waals surface area (Å²) in [5.74, 6) is 6.09. The van der Waals surface area contributed by atoms with Crippen LogP contribution in [0, 0.1) is 47.3 Å². The number of hydrogen-bond donors (Lipinski definition) is 0. The molecule has 0 aliphatic heterocycles. The van der Waals surface area contributed by atoms with E-state index < -0.39 is 0 Å². The van der Waals surface area contributed by atoms with Crippen LogP contribution in [0.1, 0.15) is 86.5 Å². The molecule has 0 N–H and O–H groups in total. The van der Waals surface area contributed by atoms with Crippen molar-refractivity contribution in [3.05, 3.63) is 265 Å². The third-order valence-electron chi connectivity index (χ3n) is 24.1. The Kier molecular flexibility index (Phi) is 10.1. The van der Waals surface area contributed by atoms with Crippen LogP contribution in [-0.4, -0.2) is 0 Å². The monoisotopic (exact) mass is 1100 g/mol. The van der Waals surface area contributed by atoms with Gasteiger partial charge in [0.2, 0.25) is 0 Å². The molecule has 10 aliphatic rings. The summed E-state index contributed by atoms with van der Waals surface area (Å²) in [5, 5.41) is 7.75. The zero-order chi connectivity index (χ0) is 56.0. The van der Waals surface area contributed by atoms with Crippen molar-refractivity contribution in [1.82, 2.24) is 0 Å². The third kappa shape index (κ3) is 6.42. The lowest BCUT2D eigenvalue weighted by molar-refractivity contribution is -0.0399. The first-order valence-electron chi connectivity index (χ1n) is 32.7. The zero-order valence-electron chi connectivity index (χ0n) is 48.7. The van der Waals surface area contributed by atoms with Gasteiger partial charge in [-0.3, -0.25) is 0 Å². The van der Waals surface area contributed by atoms with Crippen molar-refractivity contribution >= 4 is 66.4 Å². The Labute approximate surface area is 505 Å². The predicted octanol–water partition coefficient (Wildman–Crippen LogP) is 22.3. The second-order valence-corrected chi connectivity index (χ2v) is 27.9. The van der Waals surface area contributed by atoms with Crippen LogP contribution in [-0.2, 0) is 10.8 Å². The molecule has 0 atom stereocenters. The molecule has 86 heavy (non-hydrogen) atoms. The Morgan fingerprint density at radius 2 is 0.767 bits per heavy atom. The van der Waals surface area contributed by atoms with Crippen molar-refractivity contribution in [2.75, 3.05) is 9.80 Å². The smallest absolute Gasteiger partial charge is 0.0547 e. The highest BCUT2D eigenvalue weighted by Gasteiger charge is 2.64. The molecule has 0 amide bonds. The lowest BCUT2D eigenvalue weighted by Gasteiger charge is -2.61. The average molecular weight is 1110 g/mol. The van der Waals surface area contributed by atoms with Gasteiger partial charge in [0.25, 0.3) is 0 Å². The Hall–Kier alpha value is -8.72. The molecular weight excluding hydrogens is 1040 g/mol. The molecular formula is C84H68N2. The lowest BCUT2D eigenvalue weighted by Crippen LogP contribution is -2.55. The topological polar surface area (TPSA) is 6.48 Å². The highest BCUT2D eigenvalue weighted by molar-refractivity contribution is 6.30. The van der Waals surface area contributed by atoms with Crippen LogP contribution in [0.25, 0.3) is 76.8 Å². The van der Waals surface area contributed by atoms with Gasteiger partial charge in [0.1, 0.15) is 0 Å². The fourth-order valence-electron chi connectivity index (χ4n) is 21.7. The molecule has 2 heteroatoms. The summed E-state index contributed by atoms with van der Waals surface area (Å²) in [6.07, 6.45) is 13.7. The minimum atomic E-state index is -0.0125. The van der Waals surface area contributed by atoms with Crippen molar-refractivity contribution in [3.8, 4) is 44.5 Å². The van der Waals surface area contributed by atoms with Gasteiger partial charge in [-0.1, -0.05) is 194 Å². The van der Waals surface area contributed by atoms with Crippen LogP contribution >= 0.6 is 0 Å². The average Bonchev–Trinajstić information content (AvgIpc) is 1.54. The summed E-state index contributed by atoms with van der Waals surface area (Å²) in [6, 6.07) is 94.7. The van der Waals surface area contributed by atoms with Gasteiger partial charge in [0, 0.05) is 43.9 Å². The zero-order valence-corrected chi connectivity index (χ0v) is 48.7. The maximum Gasteiger partial charge on any atom is 0.0547 e. The molecule has 8 saturated carbocycles. The maximum atomic E-state index is 2.71. The molecule has 0 unspecified atom stereocenters. The Morgan fingerprint density at radius 3 is 1.48 bits per heavy atom.